The van der Waals surface area contributed by atoms with Gasteiger partial charge in [0.2, 0.25) is 0 Å². The van der Waals surface area contributed by atoms with Crippen LogP contribution >= 0.6 is 11.8 Å². The number of carbonyl (C=O) groups is 1. The van der Waals surface area contributed by atoms with E-state index in [0.717, 1.165) is 5.75 Å². The van der Waals surface area contributed by atoms with E-state index in [9.17, 15) is 4.79 Å². The summed E-state index contributed by atoms with van der Waals surface area (Å²) in [4.78, 5) is 11.6. The summed E-state index contributed by atoms with van der Waals surface area (Å²) in [6.07, 6.45) is 10.7. The Hall–Kier alpha value is 0.0200. The zero-order valence-corrected chi connectivity index (χ0v) is 13.0. The molecule has 0 spiro atoms. The van der Waals surface area contributed by atoms with Gasteiger partial charge in [-0.1, -0.05) is 84.4 Å². The second-order valence-corrected chi connectivity index (χ2v) is 6.93. The molecule has 0 fully saturated rings. The van der Waals surface area contributed by atoms with Gasteiger partial charge in [-0.15, -0.1) is 0 Å². The average Bonchev–Trinajstić information content (AvgIpc) is 2.25. The summed E-state index contributed by atoms with van der Waals surface area (Å²) in [5.41, 5.74) is -0.176. The first-order valence-corrected chi connectivity index (χ1v) is 8.14. The molecule has 0 rings (SSSR count). The van der Waals surface area contributed by atoms with Crippen LogP contribution in [0.2, 0.25) is 0 Å². The van der Waals surface area contributed by atoms with E-state index in [-0.39, 0.29) is 5.41 Å². The molecule has 0 saturated carbocycles. The van der Waals surface area contributed by atoms with E-state index in [4.69, 9.17) is 0 Å². The molecule has 0 atom stereocenters. The van der Waals surface area contributed by atoms with Gasteiger partial charge in [-0.25, -0.2) is 0 Å². The van der Waals surface area contributed by atoms with Crippen molar-refractivity contribution < 1.29 is 4.79 Å². The van der Waals surface area contributed by atoms with Crippen molar-refractivity contribution in [2.75, 3.05) is 5.75 Å². The number of rotatable bonds is 9. The SMILES string of the molecule is CCCCCCCCCCSC(=O)C(C)(C)C. The summed E-state index contributed by atoms with van der Waals surface area (Å²) < 4.78 is 0. The Morgan fingerprint density at radius 1 is 0.882 bits per heavy atom. The number of unbranched alkanes of at least 4 members (excludes halogenated alkanes) is 7. The highest BCUT2D eigenvalue weighted by Crippen LogP contribution is 2.23. The summed E-state index contributed by atoms with van der Waals surface area (Å²) in [6, 6.07) is 0. The van der Waals surface area contributed by atoms with Crippen LogP contribution in [0.15, 0.2) is 0 Å². The zero-order valence-electron chi connectivity index (χ0n) is 12.2. The second kappa shape index (κ2) is 9.99. The minimum atomic E-state index is -0.176. The molecule has 0 amide bonds. The summed E-state index contributed by atoms with van der Waals surface area (Å²) >= 11 is 1.52. The van der Waals surface area contributed by atoms with Crippen LogP contribution in [0, 0.1) is 5.41 Å². The van der Waals surface area contributed by atoms with E-state index in [0.29, 0.717) is 5.12 Å². The van der Waals surface area contributed by atoms with E-state index < -0.39 is 0 Å². The third kappa shape index (κ3) is 10.9. The topological polar surface area (TPSA) is 17.1 Å². The van der Waals surface area contributed by atoms with Gasteiger partial charge in [0.25, 0.3) is 0 Å². The van der Waals surface area contributed by atoms with Crippen molar-refractivity contribution >= 4 is 16.9 Å². The fourth-order valence-corrected chi connectivity index (χ4v) is 2.58. The molecular weight excluding hydrogens is 228 g/mol. The zero-order chi connectivity index (χ0) is 13.1. The highest BCUT2D eigenvalue weighted by atomic mass is 32.2. The van der Waals surface area contributed by atoms with Crippen molar-refractivity contribution in [1.29, 1.82) is 0 Å². The first kappa shape index (κ1) is 17.0. The molecule has 0 aliphatic rings. The quantitative estimate of drug-likeness (QED) is 0.513. The van der Waals surface area contributed by atoms with E-state index in [1.807, 2.05) is 20.8 Å². The molecular formula is C15H30OS. The van der Waals surface area contributed by atoms with Gasteiger partial charge < -0.3 is 0 Å². The lowest BCUT2D eigenvalue weighted by molar-refractivity contribution is -0.117. The van der Waals surface area contributed by atoms with Crippen LogP contribution in [-0.4, -0.2) is 10.9 Å². The van der Waals surface area contributed by atoms with Gasteiger partial charge in [-0.05, 0) is 6.42 Å². The molecule has 0 aliphatic heterocycles. The van der Waals surface area contributed by atoms with Gasteiger partial charge in [-0.3, -0.25) is 4.79 Å². The maximum Gasteiger partial charge on any atom is 0.194 e. The molecule has 0 unspecified atom stereocenters. The van der Waals surface area contributed by atoms with E-state index in [2.05, 4.69) is 6.92 Å². The van der Waals surface area contributed by atoms with Crippen molar-refractivity contribution in [2.24, 2.45) is 5.41 Å². The molecule has 0 N–H and O–H groups in total. The molecule has 2 heteroatoms. The lowest BCUT2D eigenvalue weighted by Gasteiger charge is -2.15. The van der Waals surface area contributed by atoms with Crippen LogP contribution in [0.5, 0.6) is 0 Å². The molecule has 0 heterocycles. The van der Waals surface area contributed by atoms with E-state index >= 15 is 0 Å². The maximum absolute atomic E-state index is 11.6. The third-order valence-corrected chi connectivity index (χ3v) is 4.21. The smallest absolute Gasteiger partial charge is 0.194 e. The van der Waals surface area contributed by atoms with Crippen molar-refractivity contribution in [1.82, 2.24) is 0 Å². The predicted molar refractivity (Wildman–Crippen MR) is 79.5 cm³/mol. The van der Waals surface area contributed by atoms with Crippen molar-refractivity contribution in [3.63, 3.8) is 0 Å². The van der Waals surface area contributed by atoms with E-state index in [1.165, 1.54) is 63.1 Å². The molecule has 1 nitrogen and oxygen atoms in total. The maximum atomic E-state index is 11.6. The van der Waals surface area contributed by atoms with Crippen molar-refractivity contribution in [3.8, 4) is 0 Å². The number of hydrogen-bond acceptors (Lipinski definition) is 2. The normalized spacial score (nSPS) is 11.8. The summed E-state index contributed by atoms with van der Waals surface area (Å²) in [5, 5.41) is 0.334. The molecule has 102 valence electrons. The monoisotopic (exact) mass is 258 g/mol. The lowest BCUT2D eigenvalue weighted by Crippen LogP contribution is -2.16. The van der Waals surface area contributed by atoms with Crippen LogP contribution in [0.3, 0.4) is 0 Å². The summed E-state index contributed by atoms with van der Waals surface area (Å²) in [5.74, 6) is 1.01. The Morgan fingerprint density at radius 3 is 1.82 bits per heavy atom. The first-order chi connectivity index (χ1) is 7.98. The van der Waals surface area contributed by atoms with Crippen LogP contribution in [0.25, 0.3) is 0 Å². The van der Waals surface area contributed by atoms with Gasteiger partial charge in [0, 0.05) is 11.2 Å². The summed E-state index contributed by atoms with van der Waals surface area (Å²) in [7, 11) is 0. The number of hydrogen-bond donors (Lipinski definition) is 0. The lowest BCUT2D eigenvalue weighted by atomic mass is 10.00. The van der Waals surface area contributed by atoms with Gasteiger partial charge in [0.05, 0.1) is 0 Å². The molecule has 0 saturated heterocycles. The molecule has 0 radical (unpaired) electrons. The van der Waals surface area contributed by atoms with Gasteiger partial charge >= 0.3 is 0 Å². The minimum absolute atomic E-state index is 0.176. The van der Waals surface area contributed by atoms with E-state index in [1.54, 1.807) is 0 Å². The number of carbonyl (C=O) groups excluding carboxylic acids is 1. The molecule has 0 aromatic rings. The Balaban J connectivity index is 3.22. The molecule has 17 heavy (non-hydrogen) atoms. The minimum Gasteiger partial charge on any atom is -0.287 e. The Labute approximate surface area is 112 Å². The van der Waals surface area contributed by atoms with Crippen molar-refractivity contribution in [2.45, 2.75) is 79.1 Å². The van der Waals surface area contributed by atoms with Gasteiger partial charge in [0.1, 0.15) is 0 Å². The van der Waals surface area contributed by atoms with Crippen LogP contribution in [-0.2, 0) is 4.79 Å². The Kier molecular flexibility index (Phi) is 10.0. The standard InChI is InChI=1S/C15H30OS/c1-5-6-7-8-9-10-11-12-13-17-14(16)15(2,3)4/h5-13H2,1-4H3. The van der Waals surface area contributed by atoms with Crippen LogP contribution in [0.1, 0.15) is 79.1 Å². The largest absolute Gasteiger partial charge is 0.287 e. The average molecular weight is 258 g/mol. The highest BCUT2D eigenvalue weighted by molar-refractivity contribution is 8.13. The molecule has 0 aromatic heterocycles. The molecule has 0 aliphatic carbocycles. The third-order valence-electron chi connectivity index (χ3n) is 2.84. The molecule has 0 bridgehead atoms. The van der Waals surface area contributed by atoms with Crippen molar-refractivity contribution in [3.05, 3.63) is 0 Å². The summed E-state index contributed by atoms with van der Waals surface area (Å²) in [6.45, 7) is 8.24. The Bertz CT molecular complexity index is 194. The van der Waals surface area contributed by atoms with Gasteiger partial charge in [0.15, 0.2) is 5.12 Å². The molecule has 0 aromatic carbocycles. The van der Waals surface area contributed by atoms with Crippen LogP contribution < -0.4 is 0 Å². The first-order valence-electron chi connectivity index (χ1n) is 7.15. The number of thioether (sulfide) groups is 1. The second-order valence-electron chi connectivity index (χ2n) is 5.86. The van der Waals surface area contributed by atoms with Gasteiger partial charge in [-0.2, -0.15) is 0 Å². The fourth-order valence-electron chi connectivity index (χ4n) is 1.62. The predicted octanol–water partition coefficient (Wildman–Crippen LogP) is 5.43. The fraction of sp³-hybridized carbons (Fsp3) is 0.933. The van der Waals surface area contributed by atoms with Crippen LogP contribution in [0.4, 0.5) is 0 Å². The Morgan fingerprint density at radius 2 is 1.35 bits per heavy atom. The highest BCUT2D eigenvalue weighted by Gasteiger charge is 2.20.